The molecule has 2 aliphatic rings. The van der Waals surface area contributed by atoms with Gasteiger partial charge in [-0.2, -0.15) is 0 Å². The summed E-state index contributed by atoms with van der Waals surface area (Å²) in [6, 6.07) is 7.04. The molecular formula is C15H15N3O5S. The van der Waals surface area contributed by atoms with E-state index >= 15 is 0 Å². The normalized spacial score (nSPS) is 29.6. The van der Waals surface area contributed by atoms with E-state index in [9.17, 15) is 19.5 Å². The first kappa shape index (κ1) is 16.5. The maximum Gasteiger partial charge on any atom is 0.351 e. The van der Waals surface area contributed by atoms with Crippen LogP contribution in [0.25, 0.3) is 0 Å². The fourth-order valence-corrected chi connectivity index (χ4v) is 3.88. The van der Waals surface area contributed by atoms with Gasteiger partial charge in [0.15, 0.2) is 0 Å². The Morgan fingerprint density at radius 1 is 1.17 bits per heavy atom. The summed E-state index contributed by atoms with van der Waals surface area (Å²) in [6.07, 6.45) is 0. The Balaban J connectivity index is 1.77. The smallest absolute Gasteiger partial charge is 0.351 e. The zero-order valence-corrected chi connectivity index (χ0v) is 13.2. The van der Waals surface area contributed by atoms with Gasteiger partial charge < -0.3 is 20.8 Å². The number of nitrogens with one attached hydrogen (secondary N) is 2. The second kappa shape index (κ2) is 6.62. The molecule has 4 atom stereocenters. The van der Waals surface area contributed by atoms with Crippen molar-refractivity contribution >= 4 is 35.3 Å². The zero-order chi connectivity index (χ0) is 17.3. The number of hydrogen-bond acceptors (Lipinski definition) is 6. The van der Waals surface area contributed by atoms with Crippen LogP contribution in [0.2, 0.25) is 0 Å². The van der Waals surface area contributed by atoms with E-state index in [1.54, 1.807) is 30.3 Å². The van der Waals surface area contributed by atoms with E-state index in [1.807, 2.05) is 0 Å². The number of aliphatic carboxylic acids is 1. The van der Waals surface area contributed by atoms with Crippen LogP contribution in [0.1, 0.15) is 11.6 Å². The first-order valence-corrected chi connectivity index (χ1v) is 8.18. The molecule has 0 radical (unpaired) electrons. The Hall–Kier alpha value is -2.39. The van der Waals surface area contributed by atoms with E-state index < -0.39 is 41.2 Å². The maximum atomic E-state index is 12.4. The average molecular weight is 349 g/mol. The summed E-state index contributed by atoms with van der Waals surface area (Å²) in [5.41, 5.74) is 0.462. The van der Waals surface area contributed by atoms with Crippen LogP contribution < -0.4 is 10.6 Å². The van der Waals surface area contributed by atoms with Gasteiger partial charge >= 0.3 is 5.97 Å². The molecule has 4 N–H and O–H groups in total. The molecule has 8 nitrogen and oxygen atoms in total. The SMILES string of the molecule is O=C(O)C1=N[C@H]([C@@H]2NC(=O)C(c3ccccc3)NC2=O)S[C@@H]1CO. The highest BCUT2D eigenvalue weighted by Gasteiger charge is 2.44. The summed E-state index contributed by atoms with van der Waals surface area (Å²) in [4.78, 5) is 39.8. The van der Waals surface area contributed by atoms with Crippen molar-refractivity contribution in [2.75, 3.05) is 6.61 Å². The third-order valence-corrected chi connectivity index (χ3v) is 5.16. The van der Waals surface area contributed by atoms with Crippen molar-refractivity contribution in [3.8, 4) is 0 Å². The molecular weight excluding hydrogens is 334 g/mol. The molecule has 2 amide bonds. The molecule has 0 saturated carbocycles. The number of nitrogens with zero attached hydrogens (tertiary/aromatic N) is 1. The van der Waals surface area contributed by atoms with Gasteiger partial charge in [0.05, 0.1) is 11.9 Å². The topological polar surface area (TPSA) is 128 Å². The molecule has 9 heteroatoms. The predicted octanol–water partition coefficient (Wildman–Crippen LogP) is -0.698. The summed E-state index contributed by atoms with van der Waals surface area (Å²) < 4.78 is 0. The fraction of sp³-hybridized carbons (Fsp3) is 0.333. The van der Waals surface area contributed by atoms with Crippen LogP contribution in [0.4, 0.5) is 0 Å². The van der Waals surface area contributed by atoms with Crippen LogP contribution in [0.5, 0.6) is 0 Å². The number of benzene rings is 1. The lowest BCUT2D eigenvalue weighted by Crippen LogP contribution is -2.60. The lowest BCUT2D eigenvalue weighted by molar-refractivity contribution is -0.136. The van der Waals surface area contributed by atoms with E-state index in [-0.39, 0.29) is 11.6 Å². The fourth-order valence-electron chi connectivity index (χ4n) is 2.64. The number of thioether (sulfide) groups is 1. The standard InChI is InChI=1S/C15H15N3O5S/c19-6-8-10(15(22)23)18-14(24-8)11-13(21)16-9(12(20)17-11)7-4-2-1-3-5-7/h1-5,8-9,11,14,19H,6H2,(H,16,21)(H,17,20)(H,22,23)/t8-,9?,11-,14+/m1/s1. The Morgan fingerprint density at radius 2 is 1.88 bits per heavy atom. The third-order valence-electron chi connectivity index (χ3n) is 3.81. The van der Waals surface area contributed by atoms with Crippen LogP contribution in [-0.2, 0) is 14.4 Å². The van der Waals surface area contributed by atoms with E-state index in [0.717, 1.165) is 11.8 Å². The maximum absolute atomic E-state index is 12.4. The van der Waals surface area contributed by atoms with Crippen molar-refractivity contribution < 1.29 is 24.6 Å². The molecule has 0 bridgehead atoms. The van der Waals surface area contributed by atoms with Gasteiger partial charge in [-0.25, -0.2) is 4.79 Å². The van der Waals surface area contributed by atoms with E-state index in [1.165, 1.54) is 0 Å². The van der Waals surface area contributed by atoms with Crippen molar-refractivity contribution in [1.29, 1.82) is 0 Å². The molecule has 0 aliphatic carbocycles. The van der Waals surface area contributed by atoms with Gasteiger partial charge in [0, 0.05) is 0 Å². The number of carboxylic acid groups (broad SMARTS) is 1. The Labute approximate surface area is 141 Å². The van der Waals surface area contributed by atoms with Gasteiger partial charge in [0.1, 0.15) is 23.2 Å². The quantitative estimate of drug-likeness (QED) is 0.569. The number of amides is 2. The van der Waals surface area contributed by atoms with Gasteiger partial charge in [-0.05, 0) is 5.56 Å². The number of aliphatic hydroxyl groups is 1. The number of carbonyl (C=O) groups is 3. The molecule has 2 heterocycles. The van der Waals surface area contributed by atoms with Gasteiger partial charge in [0.25, 0.3) is 0 Å². The highest BCUT2D eigenvalue weighted by atomic mass is 32.2. The Bertz CT molecular complexity index is 708. The average Bonchev–Trinajstić information content (AvgIpc) is 3.02. The summed E-state index contributed by atoms with van der Waals surface area (Å²) in [6.45, 7) is -0.402. The molecule has 0 aromatic heterocycles. The van der Waals surface area contributed by atoms with Gasteiger partial charge in [-0.3, -0.25) is 14.6 Å². The summed E-state index contributed by atoms with van der Waals surface area (Å²) in [5, 5.41) is 22.1. The molecule has 1 saturated heterocycles. The number of aliphatic imine (C=N–C) groups is 1. The summed E-state index contributed by atoms with van der Waals surface area (Å²) in [7, 11) is 0. The zero-order valence-electron chi connectivity index (χ0n) is 12.4. The van der Waals surface area contributed by atoms with Crippen LogP contribution in [0.15, 0.2) is 35.3 Å². The van der Waals surface area contributed by atoms with Gasteiger partial charge in [0.2, 0.25) is 11.8 Å². The number of carboxylic acids is 1. The molecule has 126 valence electrons. The second-order valence-corrected chi connectivity index (χ2v) is 6.68. The number of aliphatic hydroxyl groups excluding tert-OH is 1. The van der Waals surface area contributed by atoms with Gasteiger partial charge in [-0.15, -0.1) is 11.8 Å². The summed E-state index contributed by atoms with van der Waals surface area (Å²) in [5.74, 6) is -2.06. The number of rotatable bonds is 4. The molecule has 1 aromatic rings. The van der Waals surface area contributed by atoms with Crippen LogP contribution >= 0.6 is 11.8 Å². The molecule has 1 aromatic carbocycles. The van der Waals surface area contributed by atoms with Crippen molar-refractivity contribution in [2.24, 2.45) is 4.99 Å². The number of hydrogen-bond donors (Lipinski definition) is 4. The first-order valence-electron chi connectivity index (χ1n) is 7.24. The molecule has 1 fully saturated rings. The Kier molecular flexibility index (Phi) is 4.54. The molecule has 24 heavy (non-hydrogen) atoms. The lowest BCUT2D eigenvalue weighted by Gasteiger charge is -2.31. The predicted molar refractivity (Wildman–Crippen MR) is 86.6 cm³/mol. The largest absolute Gasteiger partial charge is 0.477 e. The van der Waals surface area contributed by atoms with E-state index in [0.29, 0.717) is 5.56 Å². The molecule has 0 spiro atoms. The highest BCUT2D eigenvalue weighted by molar-refractivity contribution is 8.01. The molecule has 1 unspecified atom stereocenters. The van der Waals surface area contributed by atoms with Crippen LogP contribution in [-0.4, -0.2) is 57.0 Å². The number of carbonyl (C=O) groups excluding carboxylic acids is 2. The van der Waals surface area contributed by atoms with Crippen molar-refractivity contribution in [3.63, 3.8) is 0 Å². The summed E-state index contributed by atoms with van der Waals surface area (Å²) >= 11 is 1.05. The van der Waals surface area contributed by atoms with Crippen LogP contribution in [0.3, 0.4) is 0 Å². The minimum Gasteiger partial charge on any atom is -0.477 e. The van der Waals surface area contributed by atoms with Crippen molar-refractivity contribution in [1.82, 2.24) is 10.6 Å². The molecule has 3 rings (SSSR count). The van der Waals surface area contributed by atoms with E-state index in [4.69, 9.17) is 5.11 Å². The minimum atomic E-state index is -1.24. The van der Waals surface area contributed by atoms with Crippen LogP contribution in [0, 0.1) is 0 Å². The van der Waals surface area contributed by atoms with E-state index in [2.05, 4.69) is 15.6 Å². The van der Waals surface area contributed by atoms with Gasteiger partial charge in [-0.1, -0.05) is 30.3 Å². The second-order valence-electron chi connectivity index (χ2n) is 5.36. The Morgan fingerprint density at radius 3 is 2.46 bits per heavy atom. The third kappa shape index (κ3) is 3.00. The number of piperazine rings is 1. The first-order chi connectivity index (χ1) is 11.5. The monoisotopic (exact) mass is 349 g/mol. The minimum absolute atomic E-state index is 0.195. The van der Waals surface area contributed by atoms with Crippen molar-refractivity contribution in [2.45, 2.75) is 22.7 Å². The highest BCUT2D eigenvalue weighted by Crippen LogP contribution is 2.32. The lowest BCUT2D eigenvalue weighted by atomic mass is 10.0. The van der Waals surface area contributed by atoms with Crippen molar-refractivity contribution in [3.05, 3.63) is 35.9 Å². The molecule has 2 aliphatic heterocycles.